The van der Waals surface area contributed by atoms with Gasteiger partial charge in [0.25, 0.3) is 0 Å². The van der Waals surface area contributed by atoms with Gasteiger partial charge in [-0.2, -0.15) is 4.99 Å². The topological polar surface area (TPSA) is 229 Å². The molecule has 3 amide bonds. The van der Waals surface area contributed by atoms with Crippen LogP contribution >= 0.6 is 0 Å². The fraction of sp³-hybridized carbons (Fsp3) is 0.447. The van der Waals surface area contributed by atoms with E-state index >= 15 is 0 Å². The molecule has 4 aliphatic heterocycles. The molecular weight excluding hydrogens is 754 g/mol. The van der Waals surface area contributed by atoms with Crippen LogP contribution in [-0.4, -0.2) is 125 Å². The SMILES string of the molecule is CO[C@@H]1[C@H]2[C@H]3O[C@]4(OC(=O)c5ccccc5)O[C@@H]([C@@H](OC(C)=O)[C@]2([C@@H]4OC(C)=O)N(C(C)=O)C(=NC(C)=O)N1C(C)=O)[C@@]3(COC(=O)c1ccccc1)OC(C)=O. The zero-order valence-corrected chi connectivity index (χ0v) is 31.8. The Balaban J connectivity index is 1.72. The summed E-state index contributed by atoms with van der Waals surface area (Å²) in [6.07, 6.45) is -9.54. The van der Waals surface area contributed by atoms with Crippen molar-refractivity contribution in [2.24, 2.45) is 10.9 Å². The van der Waals surface area contributed by atoms with Crippen LogP contribution in [-0.2, 0) is 66.7 Å². The number of ether oxygens (including phenoxy) is 8. The van der Waals surface area contributed by atoms with Crippen LogP contribution in [0, 0.1) is 5.92 Å². The van der Waals surface area contributed by atoms with Crippen molar-refractivity contribution in [1.29, 1.82) is 0 Å². The van der Waals surface area contributed by atoms with E-state index in [0.29, 0.717) is 0 Å². The molecule has 1 spiro atoms. The van der Waals surface area contributed by atoms with Gasteiger partial charge in [0.1, 0.15) is 30.6 Å². The zero-order valence-electron chi connectivity index (χ0n) is 31.8. The fourth-order valence-corrected chi connectivity index (χ4v) is 8.35. The molecule has 4 saturated heterocycles. The molecule has 0 aromatic heterocycles. The van der Waals surface area contributed by atoms with E-state index in [1.165, 1.54) is 36.4 Å². The molecule has 2 aromatic carbocycles. The number of amides is 3. The number of aliphatic imine (C=N–C) groups is 1. The summed E-state index contributed by atoms with van der Waals surface area (Å²) in [5, 5.41) is 0. The number of benzene rings is 2. The summed E-state index contributed by atoms with van der Waals surface area (Å²) < 4.78 is 48.7. The minimum absolute atomic E-state index is 0.0425. The number of methoxy groups -OCH3 is 1. The molecule has 1 aliphatic carbocycles. The van der Waals surface area contributed by atoms with Crippen molar-refractivity contribution >= 4 is 53.5 Å². The number of guanidine groups is 1. The third kappa shape index (κ3) is 6.60. The van der Waals surface area contributed by atoms with E-state index in [-0.39, 0.29) is 11.1 Å². The van der Waals surface area contributed by atoms with Crippen LogP contribution in [0.3, 0.4) is 0 Å². The van der Waals surface area contributed by atoms with Gasteiger partial charge in [0.15, 0.2) is 6.10 Å². The average Bonchev–Trinajstić information content (AvgIpc) is 3.14. The quantitative estimate of drug-likeness (QED) is 0.257. The average molecular weight is 794 g/mol. The zero-order chi connectivity index (χ0) is 41.6. The molecule has 5 aliphatic rings. The molecule has 19 nitrogen and oxygen atoms in total. The smallest absolute Gasteiger partial charge is 0.372 e. The lowest BCUT2D eigenvalue weighted by Gasteiger charge is -2.75. The van der Waals surface area contributed by atoms with E-state index in [1.807, 2.05) is 0 Å². The van der Waals surface area contributed by atoms with E-state index in [1.54, 1.807) is 24.3 Å². The third-order valence-electron chi connectivity index (χ3n) is 9.99. The molecule has 4 bridgehead atoms. The van der Waals surface area contributed by atoms with Crippen LogP contribution in [0.5, 0.6) is 0 Å². The number of carbonyl (C=O) groups is 8. The number of nitrogens with zero attached hydrogens (tertiary/aromatic N) is 3. The number of hydrogen-bond donors (Lipinski definition) is 0. The van der Waals surface area contributed by atoms with E-state index in [0.717, 1.165) is 58.5 Å². The highest BCUT2D eigenvalue weighted by atomic mass is 16.9. The highest BCUT2D eigenvalue weighted by molar-refractivity contribution is 6.09. The molecule has 0 unspecified atom stereocenters. The standard InChI is InChI=1S/C38H39N3O16/c1-19(42)39-35-40(20(2)43)31(50-7)27-28-36(54-24(6)47,18-51-32(48)25-14-10-8-11-15-25)29-30(52-22(4)45)37(27,41(35)21(3)44)34(53-23(5)46)38(55-28,56-29)57-33(49)26-16-12-9-13-17-26/h8-17,27-31,34H,18H2,1-7H3/t27-,28-,29+,30-,31-,34+,36+,37-,38+/m1/s1. The van der Waals surface area contributed by atoms with Crippen LogP contribution in [0.25, 0.3) is 0 Å². The van der Waals surface area contributed by atoms with Crippen molar-refractivity contribution in [3.8, 4) is 0 Å². The van der Waals surface area contributed by atoms with Crippen LogP contribution in [0.4, 0.5) is 0 Å². The van der Waals surface area contributed by atoms with Crippen LogP contribution in [0.15, 0.2) is 65.7 Å². The molecule has 0 N–H and O–H groups in total. The summed E-state index contributed by atoms with van der Waals surface area (Å²) in [5.74, 6) is -13.0. The van der Waals surface area contributed by atoms with E-state index in [4.69, 9.17) is 37.9 Å². The molecule has 5 fully saturated rings. The number of hydrogen-bond acceptors (Lipinski definition) is 16. The Morgan fingerprint density at radius 2 is 1.26 bits per heavy atom. The van der Waals surface area contributed by atoms with Gasteiger partial charge in [-0.05, 0) is 24.3 Å². The molecule has 4 heterocycles. The van der Waals surface area contributed by atoms with Crippen molar-refractivity contribution in [1.82, 2.24) is 9.80 Å². The van der Waals surface area contributed by atoms with Gasteiger partial charge >= 0.3 is 35.8 Å². The first kappa shape index (κ1) is 40.6. The molecule has 57 heavy (non-hydrogen) atoms. The van der Waals surface area contributed by atoms with E-state index < -0.39 is 114 Å². The summed E-state index contributed by atoms with van der Waals surface area (Å²) in [7, 11) is 1.15. The van der Waals surface area contributed by atoms with Gasteiger partial charge in [-0.1, -0.05) is 36.4 Å². The Morgan fingerprint density at radius 3 is 1.75 bits per heavy atom. The lowest BCUT2D eigenvalue weighted by molar-refractivity contribution is -0.550. The second-order valence-electron chi connectivity index (χ2n) is 13.7. The molecular formula is C38H39N3O16. The molecule has 1 saturated carbocycles. The van der Waals surface area contributed by atoms with Gasteiger partial charge in [0.05, 0.1) is 17.0 Å². The second kappa shape index (κ2) is 15.1. The molecule has 302 valence electrons. The number of esters is 5. The largest absolute Gasteiger partial charge is 0.458 e. The Hall–Kier alpha value is -6.05. The predicted molar refractivity (Wildman–Crippen MR) is 187 cm³/mol. The van der Waals surface area contributed by atoms with Crippen molar-refractivity contribution in [2.75, 3.05) is 13.7 Å². The van der Waals surface area contributed by atoms with Gasteiger partial charge in [0.2, 0.25) is 35.4 Å². The van der Waals surface area contributed by atoms with Crippen molar-refractivity contribution in [3.63, 3.8) is 0 Å². The first-order valence-corrected chi connectivity index (χ1v) is 17.6. The number of carbonyl (C=O) groups excluding carboxylic acids is 8. The van der Waals surface area contributed by atoms with E-state index in [2.05, 4.69) is 4.99 Å². The summed E-state index contributed by atoms with van der Waals surface area (Å²) in [4.78, 5) is 114. The minimum Gasteiger partial charge on any atom is -0.458 e. The molecule has 2 aromatic rings. The van der Waals surface area contributed by atoms with Gasteiger partial charge < -0.3 is 37.9 Å². The summed E-state index contributed by atoms with van der Waals surface area (Å²) >= 11 is 0. The summed E-state index contributed by atoms with van der Waals surface area (Å²) in [6.45, 7) is 5.25. The first-order valence-electron chi connectivity index (χ1n) is 17.6. The highest BCUT2D eigenvalue weighted by Gasteiger charge is 2.91. The van der Waals surface area contributed by atoms with E-state index in [9.17, 15) is 38.4 Å². The number of rotatable bonds is 9. The second-order valence-corrected chi connectivity index (χ2v) is 13.7. The minimum atomic E-state index is -2.89. The maximum absolute atomic E-state index is 14.3. The monoisotopic (exact) mass is 793 g/mol. The molecule has 0 radical (unpaired) electrons. The summed E-state index contributed by atoms with van der Waals surface area (Å²) in [6, 6.07) is 15.2. The van der Waals surface area contributed by atoms with Gasteiger partial charge in [-0.25, -0.2) is 9.59 Å². The first-order chi connectivity index (χ1) is 26.9. The van der Waals surface area contributed by atoms with Crippen molar-refractivity contribution < 1.29 is 76.3 Å². The maximum atomic E-state index is 14.3. The highest BCUT2D eigenvalue weighted by Crippen LogP contribution is 2.65. The maximum Gasteiger partial charge on any atom is 0.372 e. The molecule has 19 heteroatoms. The fourth-order valence-electron chi connectivity index (χ4n) is 8.35. The lowest BCUT2D eigenvalue weighted by Crippen LogP contribution is -2.98. The molecule has 7 rings (SSSR count). The Morgan fingerprint density at radius 1 is 0.702 bits per heavy atom. The van der Waals surface area contributed by atoms with Gasteiger partial charge in [0, 0.05) is 48.7 Å². The normalized spacial score (nSPS) is 31.5. The van der Waals surface area contributed by atoms with Gasteiger partial charge in [-0.3, -0.25) is 38.6 Å². The third-order valence-corrected chi connectivity index (χ3v) is 9.99. The predicted octanol–water partition coefficient (Wildman–Crippen LogP) is 1.27. The van der Waals surface area contributed by atoms with Gasteiger partial charge in [-0.15, -0.1) is 0 Å². The Kier molecular flexibility index (Phi) is 10.8. The van der Waals surface area contributed by atoms with Crippen LogP contribution < -0.4 is 0 Å². The molecule has 9 atom stereocenters. The van der Waals surface area contributed by atoms with Crippen LogP contribution in [0.2, 0.25) is 0 Å². The van der Waals surface area contributed by atoms with Crippen molar-refractivity contribution in [3.05, 3.63) is 71.8 Å². The summed E-state index contributed by atoms with van der Waals surface area (Å²) in [5.41, 5.74) is -4.79. The van der Waals surface area contributed by atoms with Crippen LogP contribution in [0.1, 0.15) is 62.3 Å². The van der Waals surface area contributed by atoms with Crippen molar-refractivity contribution in [2.45, 2.75) is 89.3 Å². The lowest BCUT2D eigenvalue weighted by atomic mass is 9.53. The Bertz CT molecular complexity index is 2040. The Labute approximate surface area is 325 Å².